The van der Waals surface area contributed by atoms with Crippen LogP contribution in [-0.4, -0.2) is 28.5 Å². The number of carboxylic acid groups (broad SMARTS) is 1. The topological polar surface area (TPSA) is 70.5 Å². The predicted octanol–water partition coefficient (Wildman–Crippen LogP) is 0.827. The summed E-state index contributed by atoms with van der Waals surface area (Å²) < 4.78 is 0. The van der Waals surface area contributed by atoms with E-state index in [9.17, 15) is 9.59 Å². The molecule has 82 valence electrons. The van der Waals surface area contributed by atoms with Crippen LogP contribution in [0.3, 0.4) is 0 Å². The average molecular weight is 236 g/mol. The molecule has 1 aliphatic rings. The number of carboxylic acids is 1. The predicted molar refractivity (Wildman–Crippen MR) is 58.4 cm³/mol. The molecule has 5 nitrogen and oxygen atoms in total. The van der Waals surface area contributed by atoms with Gasteiger partial charge in [-0.2, -0.15) is 0 Å². The Kier molecular flexibility index (Phi) is 2.62. The Bertz CT molecular complexity index is 488. The quantitative estimate of drug-likeness (QED) is 0.772. The third-order valence-electron chi connectivity index (χ3n) is 2.30. The summed E-state index contributed by atoms with van der Waals surface area (Å²) in [4.78, 5) is 27.5. The highest BCUT2D eigenvalue weighted by Crippen LogP contribution is 2.27. The van der Waals surface area contributed by atoms with E-state index in [2.05, 4.69) is 10.9 Å². The third kappa shape index (κ3) is 1.77. The number of hydrogen-bond donors (Lipinski definition) is 1. The fraction of sp³-hybridized carbons (Fsp3) is 0.300. The molecule has 1 aromatic rings. The normalized spacial score (nSPS) is 19.8. The SMILES string of the molecule is C#CC1CC(=O)N(c2nc(C(=O)O)cs2)C1. The molecule has 6 heteroatoms. The van der Waals surface area contributed by atoms with E-state index in [-0.39, 0.29) is 17.5 Å². The Morgan fingerprint density at radius 1 is 1.75 bits per heavy atom. The summed E-state index contributed by atoms with van der Waals surface area (Å²) in [6.45, 7) is 0.419. The Balaban J connectivity index is 2.22. The van der Waals surface area contributed by atoms with Gasteiger partial charge in [0.1, 0.15) is 0 Å². The van der Waals surface area contributed by atoms with Gasteiger partial charge in [0, 0.05) is 24.3 Å². The molecule has 0 radical (unpaired) electrons. The highest BCUT2D eigenvalue weighted by atomic mass is 32.1. The van der Waals surface area contributed by atoms with Crippen molar-refractivity contribution in [1.29, 1.82) is 0 Å². The van der Waals surface area contributed by atoms with Gasteiger partial charge < -0.3 is 5.11 Å². The number of hydrogen-bond acceptors (Lipinski definition) is 4. The zero-order chi connectivity index (χ0) is 11.7. The number of aromatic carboxylic acids is 1. The zero-order valence-electron chi connectivity index (χ0n) is 8.21. The van der Waals surface area contributed by atoms with Crippen LogP contribution in [0.5, 0.6) is 0 Å². The number of carbonyl (C=O) groups excluding carboxylic acids is 1. The van der Waals surface area contributed by atoms with Gasteiger partial charge in [-0.05, 0) is 0 Å². The van der Waals surface area contributed by atoms with Crippen molar-refractivity contribution in [2.45, 2.75) is 6.42 Å². The fourth-order valence-corrected chi connectivity index (χ4v) is 2.32. The van der Waals surface area contributed by atoms with Gasteiger partial charge in [0.15, 0.2) is 10.8 Å². The van der Waals surface area contributed by atoms with Crippen molar-refractivity contribution in [2.24, 2.45) is 5.92 Å². The van der Waals surface area contributed by atoms with E-state index in [1.165, 1.54) is 10.3 Å². The van der Waals surface area contributed by atoms with Gasteiger partial charge in [-0.25, -0.2) is 9.78 Å². The van der Waals surface area contributed by atoms with E-state index in [0.29, 0.717) is 18.1 Å². The second kappa shape index (κ2) is 3.94. The molecule has 0 spiro atoms. The first-order valence-corrected chi connectivity index (χ1v) is 5.45. The molecule has 0 aliphatic carbocycles. The molecule has 1 N–H and O–H groups in total. The van der Waals surface area contributed by atoms with Gasteiger partial charge in [-0.1, -0.05) is 0 Å². The molecule has 1 aliphatic heterocycles. The first kappa shape index (κ1) is 10.6. The Labute approximate surface area is 95.7 Å². The number of anilines is 1. The van der Waals surface area contributed by atoms with Crippen molar-refractivity contribution < 1.29 is 14.7 Å². The first-order chi connectivity index (χ1) is 7.61. The minimum absolute atomic E-state index is 0.0445. The maximum Gasteiger partial charge on any atom is 0.355 e. The molecule has 0 aromatic carbocycles. The molecule has 1 saturated heterocycles. The fourth-order valence-electron chi connectivity index (χ4n) is 1.49. The lowest BCUT2D eigenvalue weighted by molar-refractivity contribution is -0.117. The molecule has 16 heavy (non-hydrogen) atoms. The molecule has 1 unspecified atom stereocenters. The standard InChI is InChI=1S/C10H8N2O3S/c1-2-6-3-8(13)12(4-6)10-11-7(5-16-10)9(14)15/h1,5-6H,3-4H2,(H,14,15). The number of terminal acetylenes is 1. The number of nitrogens with zero attached hydrogens (tertiary/aromatic N) is 2. The minimum atomic E-state index is -1.09. The van der Waals surface area contributed by atoms with E-state index >= 15 is 0 Å². The second-order valence-electron chi connectivity index (χ2n) is 3.39. The molecule has 1 amide bonds. The van der Waals surface area contributed by atoms with Gasteiger partial charge in [-0.15, -0.1) is 23.7 Å². The molecule has 1 aromatic heterocycles. The lowest BCUT2D eigenvalue weighted by Gasteiger charge is -2.10. The summed E-state index contributed by atoms with van der Waals surface area (Å²) in [6.07, 6.45) is 5.55. The van der Waals surface area contributed by atoms with Gasteiger partial charge in [0.2, 0.25) is 5.91 Å². The van der Waals surface area contributed by atoms with Crippen LogP contribution in [0, 0.1) is 18.3 Å². The monoisotopic (exact) mass is 236 g/mol. The van der Waals surface area contributed by atoms with E-state index in [1.54, 1.807) is 0 Å². The molecule has 1 fully saturated rings. The molecule has 2 rings (SSSR count). The summed E-state index contributed by atoms with van der Waals surface area (Å²) in [7, 11) is 0. The largest absolute Gasteiger partial charge is 0.476 e. The number of carbonyl (C=O) groups is 2. The molecule has 1 atom stereocenters. The zero-order valence-corrected chi connectivity index (χ0v) is 9.03. The maximum absolute atomic E-state index is 11.6. The second-order valence-corrected chi connectivity index (χ2v) is 4.23. The number of amides is 1. The van der Waals surface area contributed by atoms with Gasteiger partial charge >= 0.3 is 5.97 Å². The first-order valence-electron chi connectivity index (χ1n) is 4.57. The van der Waals surface area contributed by atoms with E-state index in [4.69, 9.17) is 11.5 Å². The number of aromatic nitrogens is 1. The van der Waals surface area contributed by atoms with Crippen LogP contribution >= 0.6 is 11.3 Å². The van der Waals surface area contributed by atoms with Crippen LogP contribution in [-0.2, 0) is 4.79 Å². The molecule has 2 heterocycles. The molecule has 0 saturated carbocycles. The van der Waals surface area contributed by atoms with Crippen LogP contribution < -0.4 is 4.90 Å². The van der Waals surface area contributed by atoms with Crippen LogP contribution in [0.4, 0.5) is 5.13 Å². The summed E-state index contributed by atoms with van der Waals surface area (Å²) in [6, 6.07) is 0. The Morgan fingerprint density at radius 3 is 3.00 bits per heavy atom. The van der Waals surface area contributed by atoms with Crippen LogP contribution in [0.25, 0.3) is 0 Å². The average Bonchev–Trinajstić information content (AvgIpc) is 2.83. The lowest BCUT2D eigenvalue weighted by atomic mass is 10.1. The van der Waals surface area contributed by atoms with Crippen molar-refractivity contribution >= 4 is 28.3 Å². The van der Waals surface area contributed by atoms with Gasteiger partial charge in [0.25, 0.3) is 0 Å². The minimum Gasteiger partial charge on any atom is -0.476 e. The molecular formula is C10H8N2O3S. The summed E-state index contributed by atoms with van der Waals surface area (Å²) in [5, 5.41) is 10.5. The molecule has 0 bridgehead atoms. The van der Waals surface area contributed by atoms with Crippen LogP contribution in [0.1, 0.15) is 16.9 Å². The van der Waals surface area contributed by atoms with Crippen LogP contribution in [0.15, 0.2) is 5.38 Å². The number of rotatable bonds is 2. The van der Waals surface area contributed by atoms with Gasteiger partial charge in [-0.3, -0.25) is 9.69 Å². The lowest BCUT2D eigenvalue weighted by Crippen LogP contribution is -2.24. The smallest absolute Gasteiger partial charge is 0.355 e. The highest BCUT2D eigenvalue weighted by molar-refractivity contribution is 7.14. The van der Waals surface area contributed by atoms with Gasteiger partial charge in [0.05, 0.1) is 0 Å². The van der Waals surface area contributed by atoms with Crippen molar-refractivity contribution in [2.75, 3.05) is 11.4 Å². The Morgan fingerprint density at radius 2 is 2.50 bits per heavy atom. The van der Waals surface area contributed by atoms with Crippen molar-refractivity contribution in [3.8, 4) is 12.3 Å². The van der Waals surface area contributed by atoms with E-state index in [0.717, 1.165) is 11.3 Å². The highest BCUT2D eigenvalue weighted by Gasteiger charge is 2.31. The maximum atomic E-state index is 11.6. The summed E-state index contributed by atoms with van der Waals surface area (Å²) in [5.74, 6) is 1.22. The van der Waals surface area contributed by atoms with Crippen molar-refractivity contribution in [3.63, 3.8) is 0 Å². The van der Waals surface area contributed by atoms with Crippen LogP contribution in [0.2, 0.25) is 0 Å². The summed E-state index contributed by atoms with van der Waals surface area (Å²) in [5.41, 5.74) is -0.0445. The van der Waals surface area contributed by atoms with Crippen molar-refractivity contribution in [3.05, 3.63) is 11.1 Å². The number of thiazole rings is 1. The van der Waals surface area contributed by atoms with E-state index < -0.39 is 5.97 Å². The Hall–Kier alpha value is -1.87. The third-order valence-corrected chi connectivity index (χ3v) is 3.17. The van der Waals surface area contributed by atoms with E-state index in [1.807, 2.05) is 0 Å². The summed E-state index contributed by atoms with van der Waals surface area (Å²) >= 11 is 1.14. The van der Waals surface area contributed by atoms with Crippen molar-refractivity contribution in [1.82, 2.24) is 4.98 Å². The molecular weight excluding hydrogens is 228 g/mol.